The van der Waals surface area contributed by atoms with Crippen LogP contribution in [0.3, 0.4) is 0 Å². The van der Waals surface area contributed by atoms with Gasteiger partial charge < -0.3 is 9.64 Å². The highest BCUT2D eigenvalue weighted by Crippen LogP contribution is 2.39. The standard InChI is InChI=1S/C17H17ClN2O/c1-11-14-5-4-6-15(18)16(14)19-17(20(11)2)12-7-9-13(21-3)10-8-12/h4-11H,1-3H3. The quantitative estimate of drug-likeness (QED) is 0.819. The van der Waals surface area contributed by atoms with E-state index in [-0.39, 0.29) is 6.04 Å². The number of rotatable bonds is 2. The number of para-hydroxylation sites is 1. The van der Waals surface area contributed by atoms with Gasteiger partial charge in [-0.3, -0.25) is 0 Å². The molecule has 0 bridgehead atoms. The third-order valence-electron chi connectivity index (χ3n) is 3.95. The van der Waals surface area contributed by atoms with Crippen molar-refractivity contribution >= 4 is 23.1 Å². The van der Waals surface area contributed by atoms with Crippen molar-refractivity contribution in [3.63, 3.8) is 0 Å². The highest BCUT2D eigenvalue weighted by molar-refractivity contribution is 6.33. The Morgan fingerprint density at radius 2 is 1.86 bits per heavy atom. The third kappa shape index (κ3) is 2.38. The lowest BCUT2D eigenvalue weighted by Crippen LogP contribution is -2.32. The Kier molecular flexibility index (Phi) is 3.60. The van der Waals surface area contributed by atoms with Crippen molar-refractivity contribution in [2.24, 2.45) is 4.99 Å². The third-order valence-corrected chi connectivity index (χ3v) is 4.25. The van der Waals surface area contributed by atoms with E-state index in [0.717, 1.165) is 28.4 Å². The lowest BCUT2D eigenvalue weighted by molar-refractivity contribution is 0.397. The number of amidine groups is 1. The van der Waals surface area contributed by atoms with Gasteiger partial charge in [0.25, 0.3) is 0 Å². The summed E-state index contributed by atoms with van der Waals surface area (Å²) in [5.41, 5.74) is 3.08. The predicted octanol–water partition coefficient (Wildman–Crippen LogP) is 4.43. The van der Waals surface area contributed by atoms with Crippen LogP contribution >= 0.6 is 11.6 Å². The fraction of sp³-hybridized carbons (Fsp3) is 0.235. The zero-order valence-corrected chi connectivity index (χ0v) is 13.1. The van der Waals surface area contributed by atoms with Crippen molar-refractivity contribution in [2.75, 3.05) is 14.2 Å². The van der Waals surface area contributed by atoms with Crippen LogP contribution in [0.1, 0.15) is 24.1 Å². The van der Waals surface area contributed by atoms with Crippen molar-refractivity contribution in [3.05, 3.63) is 58.6 Å². The van der Waals surface area contributed by atoms with Crippen molar-refractivity contribution in [1.82, 2.24) is 4.90 Å². The van der Waals surface area contributed by atoms with Crippen LogP contribution in [0.2, 0.25) is 5.02 Å². The van der Waals surface area contributed by atoms with Gasteiger partial charge in [-0.05, 0) is 37.3 Å². The van der Waals surface area contributed by atoms with Crippen molar-refractivity contribution in [3.8, 4) is 5.75 Å². The molecule has 1 aliphatic rings. The molecule has 21 heavy (non-hydrogen) atoms. The maximum atomic E-state index is 6.31. The van der Waals surface area contributed by atoms with Gasteiger partial charge >= 0.3 is 0 Å². The van der Waals surface area contributed by atoms with E-state index >= 15 is 0 Å². The summed E-state index contributed by atoms with van der Waals surface area (Å²) >= 11 is 6.31. The Labute approximate surface area is 129 Å². The number of halogens is 1. The molecule has 3 nitrogen and oxygen atoms in total. The lowest BCUT2D eigenvalue weighted by Gasteiger charge is -2.33. The normalized spacial score (nSPS) is 17.2. The summed E-state index contributed by atoms with van der Waals surface area (Å²) in [5, 5.41) is 0.693. The molecular weight excluding hydrogens is 284 g/mol. The molecule has 0 aliphatic carbocycles. The maximum Gasteiger partial charge on any atom is 0.136 e. The molecule has 0 saturated heterocycles. The SMILES string of the molecule is COc1ccc(C2=Nc3c(Cl)cccc3C(C)N2C)cc1. The van der Waals surface area contributed by atoms with Crippen LogP contribution in [0.25, 0.3) is 0 Å². The smallest absolute Gasteiger partial charge is 0.136 e. The summed E-state index contributed by atoms with van der Waals surface area (Å²) in [7, 11) is 3.72. The number of hydrogen-bond donors (Lipinski definition) is 0. The minimum absolute atomic E-state index is 0.230. The van der Waals surface area contributed by atoms with Crippen LogP contribution in [-0.4, -0.2) is 24.9 Å². The van der Waals surface area contributed by atoms with Crippen LogP contribution in [0.4, 0.5) is 5.69 Å². The van der Waals surface area contributed by atoms with Gasteiger partial charge in [-0.2, -0.15) is 0 Å². The Hall–Kier alpha value is -2.00. The van der Waals surface area contributed by atoms with Crippen LogP contribution in [-0.2, 0) is 0 Å². The van der Waals surface area contributed by atoms with Crippen LogP contribution in [0.5, 0.6) is 5.75 Å². The first kappa shape index (κ1) is 14.0. The van der Waals surface area contributed by atoms with Gasteiger partial charge in [-0.25, -0.2) is 4.99 Å². The summed E-state index contributed by atoms with van der Waals surface area (Å²) in [4.78, 5) is 6.94. The summed E-state index contributed by atoms with van der Waals surface area (Å²) in [6.45, 7) is 2.16. The summed E-state index contributed by atoms with van der Waals surface area (Å²) in [5.74, 6) is 1.76. The van der Waals surface area contributed by atoms with Crippen molar-refractivity contribution in [2.45, 2.75) is 13.0 Å². The fourth-order valence-corrected chi connectivity index (χ4v) is 2.80. The van der Waals surface area contributed by atoms with Gasteiger partial charge in [0.2, 0.25) is 0 Å². The minimum Gasteiger partial charge on any atom is -0.497 e. The lowest BCUT2D eigenvalue weighted by atomic mass is 10.0. The molecule has 0 N–H and O–H groups in total. The number of fused-ring (bicyclic) bond motifs is 1. The van der Waals surface area contributed by atoms with E-state index in [1.54, 1.807) is 7.11 Å². The van der Waals surface area contributed by atoms with Crippen molar-refractivity contribution in [1.29, 1.82) is 0 Å². The largest absolute Gasteiger partial charge is 0.497 e. The summed E-state index contributed by atoms with van der Waals surface area (Å²) < 4.78 is 5.21. The van der Waals surface area contributed by atoms with E-state index in [1.807, 2.05) is 36.4 Å². The number of aliphatic imine (C=N–C) groups is 1. The monoisotopic (exact) mass is 300 g/mol. The summed E-state index contributed by atoms with van der Waals surface area (Å²) in [6, 6.07) is 14.1. The molecule has 0 spiro atoms. The van der Waals surface area contributed by atoms with Crippen LogP contribution in [0.15, 0.2) is 47.5 Å². The van der Waals surface area contributed by atoms with E-state index in [2.05, 4.69) is 24.9 Å². The van der Waals surface area contributed by atoms with E-state index in [0.29, 0.717) is 5.02 Å². The molecule has 0 saturated carbocycles. The van der Waals surface area contributed by atoms with Crippen LogP contribution in [0, 0.1) is 0 Å². The maximum absolute atomic E-state index is 6.31. The molecule has 1 aliphatic heterocycles. The Bertz CT molecular complexity index is 694. The second-order valence-corrected chi connectivity index (χ2v) is 5.54. The second kappa shape index (κ2) is 5.41. The van der Waals surface area contributed by atoms with Gasteiger partial charge in [-0.15, -0.1) is 0 Å². The molecule has 0 fully saturated rings. The fourth-order valence-electron chi connectivity index (χ4n) is 2.57. The van der Waals surface area contributed by atoms with Gasteiger partial charge in [0.1, 0.15) is 11.6 Å². The van der Waals surface area contributed by atoms with Gasteiger partial charge in [-0.1, -0.05) is 23.7 Å². The van der Waals surface area contributed by atoms with E-state index in [1.165, 1.54) is 0 Å². The van der Waals surface area contributed by atoms with Crippen molar-refractivity contribution < 1.29 is 4.74 Å². The molecule has 2 aromatic carbocycles. The molecule has 0 radical (unpaired) electrons. The summed E-state index contributed by atoms with van der Waals surface area (Å²) in [6.07, 6.45) is 0. The molecule has 2 aromatic rings. The molecule has 4 heteroatoms. The van der Waals surface area contributed by atoms with Gasteiger partial charge in [0.15, 0.2) is 0 Å². The van der Waals surface area contributed by atoms with Gasteiger partial charge in [0, 0.05) is 18.2 Å². The second-order valence-electron chi connectivity index (χ2n) is 5.13. The molecule has 1 heterocycles. The van der Waals surface area contributed by atoms with Crippen LogP contribution < -0.4 is 4.74 Å². The average molecular weight is 301 g/mol. The van der Waals surface area contributed by atoms with E-state index < -0.39 is 0 Å². The minimum atomic E-state index is 0.230. The molecule has 0 aromatic heterocycles. The zero-order valence-electron chi connectivity index (χ0n) is 12.3. The molecule has 1 atom stereocenters. The number of methoxy groups -OCH3 is 1. The zero-order chi connectivity index (χ0) is 15.0. The number of nitrogens with zero attached hydrogens (tertiary/aromatic N) is 2. The molecule has 1 unspecified atom stereocenters. The molecule has 108 valence electrons. The number of benzene rings is 2. The highest BCUT2D eigenvalue weighted by Gasteiger charge is 2.25. The Morgan fingerprint density at radius 3 is 2.52 bits per heavy atom. The predicted molar refractivity (Wildman–Crippen MR) is 86.8 cm³/mol. The van der Waals surface area contributed by atoms with Gasteiger partial charge in [0.05, 0.1) is 23.9 Å². The topological polar surface area (TPSA) is 24.8 Å². The van der Waals surface area contributed by atoms with E-state index in [9.17, 15) is 0 Å². The highest BCUT2D eigenvalue weighted by atomic mass is 35.5. The average Bonchev–Trinajstić information content (AvgIpc) is 2.51. The Balaban J connectivity index is 2.11. The molecule has 3 rings (SSSR count). The molecular formula is C17H17ClN2O. The number of ether oxygens (including phenoxy) is 1. The first-order chi connectivity index (χ1) is 10.1. The molecule has 0 amide bonds. The van der Waals surface area contributed by atoms with E-state index in [4.69, 9.17) is 21.3 Å². The first-order valence-electron chi connectivity index (χ1n) is 6.86. The number of hydrogen-bond acceptors (Lipinski definition) is 3. The first-order valence-corrected chi connectivity index (χ1v) is 7.24. The Morgan fingerprint density at radius 1 is 1.14 bits per heavy atom.